The molecule has 0 fully saturated rings. The number of amides is 1. The Balaban J connectivity index is 2.10. The van der Waals surface area contributed by atoms with Crippen molar-refractivity contribution in [3.8, 4) is 17.6 Å². The molecular weight excluding hydrogens is 316 g/mol. The van der Waals surface area contributed by atoms with E-state index in [1.165, 1.54) is 13.2 Å². The lowest BCUT2D eigenvalue weighted by atomic mass is 10.1. The lowest BCUT2D eigenvalue weighted by Crippen LogP contribution is -2.10. The van der Waals surface area contributed by atoms with Gasteiger partial charge in [-0.05, 0) is 48.7 Å². The van der Waals surface area contributed by atoms with Crippen molar-refractivity contribution >= 4 is 17.7 Å². The third-order valence-corrected chi connectivity index (χ3v) is 3.64. The van der Waals surface area contributed by atoms with Gasteiger partial charge >= 0.3 is 0 Å². The fourth-order valence-electron chi connectivity index (χ4n) is 2.37. The van der Waals surface area contributed by atoms with Crippen molar-refractivity contribution in [1.82, 2.24) is 0 Å². The van der Waals surface area contributed by atoms with Crippen molar-refractivity contribution < 1.29 is 14.3 Å². The molecule has 1 amide bonds. The van der Waals surface area contributed by atoms with Crippen LogP contribution in [-0.2, 0) is 4.79 Å². The number of carbonyl (C=O) groups is 1. The van der Waals surface area contributed by atoms with E-state index in [9.17, 15) is 4.79 Å². The Kier molecular flexibility index (Phi) is 6.19. The number of para-hydroxylation sites is 1. The summed E-state index contributed by atoms with van der Waals surface area (Å²) in [7, 11) is 1.52. The first-order valence-corrected chi connectivity index (χ1v) is 7.78. The normalized spacial score (nSPS) is 10.3. The number of hydrogen-bond donors (Lipinski definition) is 1. The number of hydrogen-bond acceptors (Lipinski definition) is 4. The van der Waals surface area contributed by atoms with Gasteiger partial charge in [-0.15, -0.1) is 0 Å². The molecule has 0 aromatic heterocycles. The fraction of sp³-hybridized carbons (Fsp3) is 0.200. The third kappa shape index (κ3) is 4.85. The summed E-state index contributed by atoms with van der Waals surface area (Å²) in [5, 5.41) is 11.5. The molecule has 5 heteroatoms. The van der Waals surface area contributed by atoms with Crippen LogP contribution < -0.4 is 14.8 Å². The molecule has 0 aliphatic rings. The van der Waals surface area contributed by atoms with Crippen LogP contribution in [0.1, 0.15) is 16.7 Å². The molecule has 0 atom stereocenters. The smallest absolute Gasteiger partial charge is 0.248 e. The van der Waals surface area contributed by atoms with Crippen LogP contribution in [-0.4, -0.2) is 19.6 Å². The van der Waals surface area contributed by atoms with Crippen molar-refractivity contribution in [2.75, 3.05) is 19.0 Å². The highest BCUT2D eigenvalue weighted by molar-refractivity contribution is 6.02. The second-order valence-electron chi connectivity index (χ2n) is 5.45. The van der Waals surface area contributed by atoms with Crippen LogP contribution >= 0.6 is 0 Å². The third-order valence-electron chi connectivity index (χ3n) is 3.64. The summed E-state index contributed by atoms with van der Waals surface area (Å²) in [6.45, 7) is 3.86. The van der Waals surface area contributed by atoms with Gasteiger partial charge in [-0.3, -0.25) is 4.79 Å². The maximum absolute atomic E-state index is 12.2. The number of benzene rings is 2. The molecule has 25 heavy (non-hydrogen) atoms. The maximum Gasteiger partial charge on any atom is 0.248 e. The number of nitrogens with one attached hydrogen (secondary N) is 1. The molecule has 0 heterocycles. The highest BCUT2D eigenvalue weighted by Crippen LogP contribution is 2.28. The summed E-state index contributed by atoms with van der Waals surface area (Å²) >= 11 is 0. The quantitative estimate of drug-likeness (QED) is 0.813. The average Bonchev–Trinajstić information content (AvgIpc) is 2.61. The first kappa shape index (κ1) is 18.1. The molecular formula is C20H20N2O3. The zero-order valence-electron chi connectivity index (χ0n) is 14.5. The van der Waals surface area contributed by atoms with Crippen molar-refractivity contribution in [3.05, 3.63) is 59.2 Å². The zero-order valence-corrected chi connectivity index (χ0v) is 14.5. The maximum atomic E-state index is 12.2. The summed E-state index contributed by atoms with van der Waals surface area (Å²) in [4.78, 5) is 12.2. The highest BCUT2D eigenvalue weighted by Gasteiger charge is 2.06. The van der Waals surface area contributed by atoms with Crippen LogP contribution in [0.2, 0.25) is 0 Å². The SMILES string of the molecule is COc1cc(/C=C/C(=O)Nc2c(C)cccc2C)ccc1OCC#N. The van der Waals surface area contributed by atoms with Crippen molar-refractivity contribution in [2.24, 2.45) is 0 Å². The lowest BCUT2D eigenvalue weighted by Gasteiger charge is -2.10. The summed E-state index contributed by atoms with van der Waals surface area (Å²) in [6.07, 6.45) is 3.16. The minimum atomic E-state index is -0.207. The number of anilines is 1. The van der Waals surface area contributed by atoms with E-state index in [0.29, 0.717) is 11.5 Å². The van der Waals surface area contributed by atoms with Gasteiger partial charge in [0.25, 0.3) is 0 Å². The van der Waals surface area contributed by atoms with E-state index in [0.717, 1.165) is 22.4 Å². The van der Waals surface area contributed by atoms with Crippen LogP contribution in [0.25, 0.3) is 6.08 Å². The minimum absolute atomic E-state index is 0.0519. The zero-order chi connectivity index (χ0) is 18.2. The van der Waals surface area contributed by atoms with E-state index in [1.54, 1.807) is 24.3 Å². The van der Waals surface area contributed by atoms with Crippen LogP contribution in [0.5, 0.6) is 11.5 Å². The number of methoxy groups -OCH3 is 1. The Morgan fingerprint density at radius 1 is 1.20 bits per heavy atom. The molecule has 0 saturated heterocycles. The second kappa shape index (κ2) is 8.55. The van der Waals surface area contributed by atoms with Crippen molar-refractivity contribution in [2.45, 2.75) is 13.8 Å². The van der Waals surface area contributed by atoms with Crippen LogP contribution in [0.3, 0.4) is 0 Å². The van der Waals surface area contributed by atoms with Gasteiger partial charge in [0.2, 0.25) is 5.91 Å². The molecule has 1 N–H and O–H groups in total. The summed E-state index contributed by atoms with van der Waals surface area (Å²) < 4.78 is 10.5. The summed E-state index contributed by atoms with van der Waals surface area (Å²) in [5.41, 5.74) is 3.65. The van der Waals surface area contributed by atoms with E-state index in [2.05, 4.69) is 5.32 Å². The predicted molar refractivity (Wildman–Crippen MR) is 97.7 cm³/mol. The lowest BCUT2D eigenvalue weighted by molar-refractivity contribution is -0.111. The van der Waals surface area contributed by atoms with E-state index in [-0.39, 0.29) is 12.5 Å². The molecule has 5 nitrogen and oxygen atoms in total. The van der Waals surface area contributed by atoms with Gasteiger partial charge in [-0.2, -0.15) is 5.26 Å². The van der Waals surface area contributed by atoms with Crippen LogP contribution in [0, 0.1) is 25.2 Å². The van der Waals surface area contributed by atoms with Gasteiger partial charge in [-0.25, -0.2) is 0 Å². The average molecular weight is 336 g/mol. The standard InChI is InChI=1S/C20H20N2O3/c1-14-5-4-6-15(2)20(14)22-19(23)10-8-16-7-9-17(25-12-11-21)18(13-16)24-3/h4-10,13H,12H2,1-3H3,(H,22,23)/b10-8+. The van der Waals surface area contributed by atoms with E-state index in [4.69, 9.17) is 14.7 Å². The van der Waals surface area contributed by atoms with Crippen molar-refractivity contribution in [1.29, 1.82) is 5.26 Å². The Labute approximate surface area is 147 Å². The molecule has 0 bridgehead atoms. The molecule has 0 radical (unpaired) electrons. The number of rotatable bonds is 6. The van der Waals surface area contributed by atoms with Crippen LogP contribution in [0.4, 0.5) is 5.69 Å². The topological polar surface area (TPSA) is 71.3 Å². The Morgan fingerprint density at radius 3 is 2.56 bits per heavy atom. The summed E-state index contributed by atoms with van der Waals surface area (Å²) in [5.74, 6) is 0.787. The fourth-order valence-corrected chi connectivity index (χ4v) is 2.37. The monoisotopic (exact) mass is 336 g/mol. The van der Waals surface area contributed by atoms with Gasteiger partial charge in [0.15, 0.2) is 18.1 Å². The number of carbonyl (C=O) groups excluding carboxylic acids is 1. The molecule has 0 aliphatic heterocycles. The number of aryl methyl sites for hydroxylation is 2. The van der Waals surface area contributed by atoms with E-state index >= 15 is 0 Å². The largest absolute Gasteiger partial charge is 0.493 e. The predicted octanol–water partition coefficient (Wildman–Crippen LogP) is 3.87. The second-order valence-corrected chi connectivity index (χ2v) is 5.45. The van der Waals surface area contributed by atoms with E-state index in [1.807, 2.05) is 38.1 Å². The number of nitriles is 1. The molecule has 0 spiro atoms. The molecule has 2 aromatic rings. The molecule has 2 rings (SSSR count). The van der Waals surface area contributed by atoms with Gasteiger partial charge in [0, 0.05) is 11.8 Å². The molecule has 0 saturated carbocycles. The molecule has 0 aliphatic carbocycles. The minimum Gasteiger partial charge on any atom is -0.493 e. The summed E-state index contributed by atoms with van der Waals surface area (Å²) in [6, 6.07) is 13.0. The Morgan fingerprint density at radius 2 is 1.92 bits per heavy atom. The number of ether oxygens (including phenoxy) is 2. The Hall–Kier alpha value is -3.26. The van der Waals surface area contributed by atoms with Gasteiger partial charge in [0.05, 0.1) is 7.11 Å². The molecule has 2 aromatic carbocycles. The first-order chi connectivity index (χ1) is 12.0. The number of nitrogens with zero attached hydrogens (tertiary/aromatic N) is 1. The van der Waals surface area contributed by atoms with Crippen molar-refractivity contribution in [3.63, 3.8) is 0 Å². The van der Waals surface area contributed by atoms with Gasteiger partial charge in [0.1, 0.15) is 6.07 Å². The van der Waals surface area contributed by atoms with E-state index < -0.39 is 0 Å². The van der Waals surface area contributed by atoms with Crippen LogP contribution in [0.15, 0.2) is 42.5 Å². The molecule has 128 valence electrons. The van der Waals surface area contributed by atoms with Gasteiger partial charge < -0.3 is 14.8 Å². The molecule has 0 unspecified atom stereocenters. The Bertz CT molecular complexity index is 815. The first-order valence-electron chi connectivity index (χ1n) is 7.78. The van der Waals surface area contributed by atoms with Gasteiger partial charge in [-0.1, -0.05) is 24.3 Å². The highest BCUT2D eigenvalue weighted by atomic mass is 16.5.